The van der Waals surface area contributed by atoms with Crippen LogP contribution in [-0.2, 0) is 0 Å². The van der Waals surface area contributed by atoms with Crippen LogP contribution in [0.3, 0.4) is 0 Å². The second-order valence-electron chi connectivity index (χ2n) is 7.40. The highest BCUT2D eigenvalue weighted by Crippen LogP contribution is 2.49. The Hall–Kier alpha value is -3.27. The van der Waals surface area contributed by atoms with Crippen LogP contribution in [0.5, 0.6) is 23.1 Å². The summed E-state index contributed by atoms with van der Waals surface area (Å²) in [6.07, 6.45) is 2.38. The summed E-state index contributed by atoms with van der Waals surface area (Å²) in [5.74, 6) is 1.78. The summed E-state index contributed by atoms with van der Waals surface area (Å²) in [5.41, 5.74) is 1.37. The van der Waals surface area contributed by atoms with Crippen molar-refractivity contribution in [3.63, 3.8) is 0 Å². The molecular formula is C21H24N4O3. The SMILES string of the molecule is CC(C)CCNC(=O)c1cnc2c(c1NC(C)C)Oc1cc(C#N)ccc1O2. The lowest BCUT2D eigenvalue weighted by molar-refractivity contribution is 0.0952. The van der Waals surface area contributed by atoms with E-state index in [2.05, 4.69) is 35.5 Å². The molecule has 28 heavy (non-hydrogen) atoms. The summed E-state index contributed by atoms with van der Waals surface area (Å²) in [4.78, 5) is 17.0. The molecule has 0 saturated heterocycles. The molecule has 146 valence electrons. The number of anilines is 1. The van der Waals surface area contributed by atoms with Gasteiger partial charge in [0.2, 0.25) is 5.75 Å². The molecule has 1 aliphatic rings. The van der Waals surface area contributed by atoms with Crippen LogP contribution < -0.4 is 20.1 Å². The van der Waals surface area contributed by atoms with Gasteiger partial charge in [-0.25, -0.2) is 4.98 Å². The van der Waals surface area contributed by atoms with Crippen molar-refractivity contribution in [1.29, 1.82) is 5.26 Å². The molecule has 2 aromatic rings. The number of hydrogen-bond acceptors (Lipinski definition) is 6. The van der Waals surface area contributed by atoms with Crippen LogP contribution in [0, 0.1) is 17.2 Å². The largest absolute Gasteiger partial charge is 0.445 e. The van der Waals surface area contributed by atoms with Gasteiger partial charge in [-0.1, -0.05) is 13.8 Å². The molecule has 1 aromatic carbocycles. The van der Waals surface area contributed by atoms with E-state index in [1.165, 1.54) is 6.20 Å². The highest BCUT2D eigenvalue weighted by Gasteiger charge is 2.28. The van der Waals surface area contributed by atoms with E-state index in [1.807, 2.05) is 13.8 Å². The number of rotatable bonds is 6. The maximum Gasteiger partial charge on any atom is 0.265 e. The maximum absolute atomic E-state index is 12.7. The van der Waals surface area contributed by atoms with Gasteiger partial charge in [0.15, 0.2) is 11.5 Å². The normalized spacial score (nSPS) is 11.8. The summed E-state index contributed by atoms with van der Waals surface area (Å²) < 4.78 is 11.8. The lowest BCUT2D eigenvalue weighted by atomic mass is 10.1. The van der Waals surface area contributed by atoms with Crippen LogP contribution in [0.1, 0.15) is 50.0 Å². The zero-order valence-electron chi connectivity index (χ0n) is 16.5. The number of fused-ring (bicyclic) bond motifs is 2. The second-order valence-corrected chi connectivity index (χ2v) is 7.40. The number of nitrogens with zero attached hydrogens (tertiary/aromatic N) is 2. The van der Waals surface area contributed by atoms with Gasteiger partial charge >= 0.3 is 0 Å². The van der Waals surface area contributed by atoms with E-state index < -0.39 is 0 Å². The third-order valence-corrected chi connectivity index (χ3v) is 4.18. The van der Waals surface area contributed by atoms with Crippen LogP contribution in [0.4, 0.5) is 5.69 Å². The van der Waals surface area contributed by atoms with Crippen LogP contribution in [0.25, 0.3) is 0 Å². The topological polar surface area (TPSA) is 96.3 Å². The lowest BCUT2D eigenvalue weighted by Crippen LogP contribution is -2.27. The van der Waals surface area contributed by atoms with E-state index in [0.717, 1.165) is 6.42 Å². The van der Waals surface area contributed by atoms with Crippen LogP contribution in [0.15, 0.2) is 24.4 Å². The molecule has 1 aliphatic heterocycles. The first-order valence-corrected chi connectivity index (χ1v) is 9.36. The van der Waals surface area contributed by atoms with E-state index in [1.54, 1.807) is 18.2 Å². The molecule has 1 amide bonds. The first-order valence-electron chi connectivity index (χ1n) is 9.36. The zero-order valence-corrected chi connectivity index (χ0v) is 16.5. The average Bonchev–Trinajstić information content (AvgIpc) is 2.65. The third kappa shape index (κ3) is 4.17. The number of benzene rings is 1. The predicted octanol–water partition coefficient (Wildman–Crippen LogP) is 4.45. The Labute approximate surface area is 164 Å². The minimum absolute atomic E-state index is 0.0594. The molecule has 0 radical (unpaired) electrons. The van der Waals surface area contributed by atoms with E-state index in [0.29, 0.717) is 46.5 Å². The molecular weight excluding hydrogens is 356 g/mol. The molecule has 0 fully saturated rings. The van der Waals surface area contributed by atoms with Gasteiger partial charge in [0, 0.05) is 24.8 Å². The number of aromatic nitrogens is 1. The Bertz CT molecular complexity index is 932. The van der Waals surface area contributed by atoms with Gasteiger partial charge in [0.1, 0.15) is 0 Å². The van der Waals surface area contributed by atoms with Gasteiger partial charge in [-0.3, -0.25) is 4.79 Å². The summed E-state index contributed by atoms with van der Waals surface area (Å²) in [7, 11) is 0. The molecule has 0 aliphatic carbocycles. The fourth-order valence-corrected chi connectivity index (χ4v) is 2.77. The van der Waals surface area contributed by atoms with Crippen molar-refractivity contribution in [3.8, 4) is 29.2 Å². The number of pyridine rings is 1. The zero-order chi connectivity index (χ0) is 20.3. The fourth-order valence-electron chi connectivity index (χ4n) is 2.77. The number of carbonyl (C=O) groups is 1. The smallest absolute Gasteiger partial charge is 0.265 e. The minimum Gasteiger partial charge on any atom is -0.445 e. The van der Waals surface area contributed by atoms with Crippen molar-refractivity contribution in [2.45, 2.75) is 40.2 Å². The van der Waals surface area contributed by atoms with Crippen molar-refractivity contribution < 1.29 is 14.3 Å². The van der Waals surface area contributed by atoms with E-state index in [4.69, 9.17) is 14.7 Å². The van der Waals surface area contributed by atoms with Crippen LogP contribution in [-0.4, -0.2) is 23.5 Å². The molecule has 7 heteroatoms. The van der Waals surface area contributed by atoms with Crippen LogP contribution >= 0.6 is 0 Å². The first-order chi connectivity index (χ1) is 13.4. The third-order valence-electron chi connectivity index (χ3n) is 4.18. The first kappa shape index (κ1) is 19.5. The molecule has 0 spiro atoms. The van der Waals surface area contributed by atoms with Gasteiger partial charge in [-0.15, -0.1) is 0 Å². The monoisotopic (exact) mass is 380 g/mol. The van der Waals surface area contributed by atoms with Crippen LogP contribution in [0.2, 0.25) is 0 Å². The minimum atomic E-state index is -0.223. The van der Waals surface area contributed by atoms with Crippen molar-refractivity contribution in [2.24, 2.45) is 5.92 Å². The van der Waals surface area contributed by atoms with E-state index >= 15 is 0 Å². The van der Waals surface area contributed by atoms with Gasteiger partial charge in [-0.2, -0.15) is 5.26 Å². The average molecular weight is 380 g/mol. The second kappa shape index (κ2) is 8.17. The molecule has 7 nitrogen and oxygen atoms in total. The van der Waals surface area contributed by atoms with Gasteiger partial charge in [0.25, 0.3) is 11.8 Å². The Morgan fingerprint density at radius 3 is 2.68 bits per heavy atom. The Morgan fingerprint density at radius 1 is 1.21 bits per heavy atom. The van der Waals surface area contributed by atoms with Crippen molar-refractivity contribution in [1.82, 2.24) is 10.3 Å². The van der Waals surface area contributed by atoms with Crippen molar-refractivity contribution in [2.75, 3.05) is 11.9 Å². The molecule has 0 saturated carbocycles. The highest BCUT2D eigenvalue weighted by molar-refractivity contribution is 6.01. The fraction of sp³-hybridized carbons (Fsp3) is 0.381. The van der Waals surface area contributed by atoms with Gasteiger partial charge in [0.05, 0.1) is 22.9 Å². The molecule has 3 rings (SSSR count). The van der Waals surface area contributed by atoms with Gasteiger partial charge < -0.3 is 20.1 Å². The number of carbonyl (C=O) groups excluding carboxylic acids is 1. The Kier molecular flexibility index (Phi) is 5.69. The number of nitriles is 1. The number of nitrogens with one attached hydrogen (secondary N) is 2. The summed E-state index contributed by atoms with van der Waals surface area (Å²) in [6.45, 7) is 8.74. The Balaban J connectivity index is 1.96. The van der Waals surface area contributed by atoms with E-state index in [-0.39, 0.29) is 17.8 Å². The molecule has 1 aromatic heterocycles. The van der Waals surface area contributed by atoms with Crippen molar-refractivity contribution >= 4 is 11.6 Å². The quantitative estimate of drug-likeness (QED) is 0.656. The van der Waals surface area contributed by atoms with E-state index in [9.17, 15) is 4.79 Å². The highest BCUT2D eigenvalue weighted by atomic mass is 16.6. The number of amides is 1. The summed E-state index contributed by atoms with van der Waals surface area (Å²) in [5, 5.41) is 15.3. The molecule has 2 heterocycles. The molecule has 0 bridgehead atoms. The molecule has 2 N–H and O–H groups in total. The molecule has 0 atom stereocenters. The Morgan fingerprint density at radius 2 is 2.00 bits per heavy atom. The van der Waals surface area contributed by atoms with Gasteiger partial charge in [-0.05, 0) is 38.3 Å². The van der Waals surface area contributed by atoms with Crippen molar-refractivity contribution in [3.05, 3.63) is 35.5 Å². The summed E-state index contributed by atoms with van der Waals surface area (Å²) >= 11 is 0. The lowest BCUT2D eigenvalue weighted by Gasteiger charge is -2.24. The molecule has 0 unspecified atom stereocenters. The maximum atomic E-state index is 12.7. The standard InChI is InChI=1S/C21H24N4O3/c1-12(2)7-8-23-20(26)15-11-24-21-19(18(15)25-13(3)4)27-17-9-14(10-22)5-6-16(17)28-21/h5-6,9,11-13H,7-8H2,1-4H3,(H,23,26)(H,24,25). The predicted molar refractivity (Wildman–Crippen MR) is 106 cm³/mol. The number of ether oxygens (including phenoxy) is 2. The number of hydrogen-bond donors (Lipinski definition) is 2. The summed E-state index contributed by atoms with van der Waals surface area (Å²) in [6, 6.07) is 7.06.